The predicted molar refractivity (Wildman–Crippen MR) is 94.7 cm³/mol. The Balaban J connectivity index is 1.67. The molecule has 1 aromatic heterocycles. The van der Waals surface area contributed by atoms with Crippen LogP contribution in [0.15, 0.2) is 42.6 Å². The van der Waals surface area contributed by atoms with Crippen LogP contribution in [0, 0.1) is 0 Å². The van der Waals surface area contributed by atoms with Crippen LogP contribution in [-0.4, -0.2) is 49.1 Å². The first kappa shape index (κ1) is 16.8. The summed E-state index contributed by atoms with van der Waals surface area (Å²) >= 11 is 0. The van der Waals surface area contributed by atoms with Crippen molar-refractivity contribution in [2.24, 2.45) is 0 Å². The van der Waals surface area contributed by atoms with Crippen LogP contribution in [0.25, 0.3) is 0 Å². The van der Waals surface area contributed by atoms with Crippen molar-refractivity contribution < 1.29 is 14.3 Å². The molecule has 0 unspecified atom stereocenters. The molecule has 2 amide bonds. The molecule has 7 nitrogen and oxygen atoms in total. The lowest BCUT2D eigenvalue weighted by atomic mass is 10.2. The Hall–Kier alpha value is -3.09. The smallest absolute Gasteiger partial charge is 0.410 e. The van der Waals surface area contributed by atoms with E-state index in [1.807, 2.05) is 49.3 Å². The molecule has 1 aromatic carbocycles. The molecule has 0 atom stereocenters. The molecular formula is C18H20N4O3. The minimum Gasteiger partial charge on any atom is -0.448 e. The number of carbonyl (C=O) groups excluding carboxylic acids is 2. The average Bonchev–Trinajstić information content (AvgIpc) is 3.01. The van der Waals surface area contributed by atoms with Gasteiger partial charge in [0.2, 0.25) is 0 Å². The Labute approximate surface area is 146 Å². The number of nitrogens with one attached hydrogen (secondary N) is 1. The fraction of sp³-hybridized carbons (Fsp3) is 0.278. The van der Waals surface area contributed by atoms with E-state index >= 15 is 0 Å². The number of amides is 2. The number of carbonyl (C=O) groups is 2. The lowest BCUT2D eigenvalue weighted by Gasteiger charge is -2.16. The van der Waals surface area contributed by atoms with Gasteiger partial charge in [0.1, 0.15) is 6.61 Å². The summed E-state index contributed by atoms with van der Waals surface area (Å²) in [6.07, 6.45) is 1.31. The molecule has 25 heavy (non-hydrogen) atoms. The van der Waals surface area contributed by atoms with E-state index < -0.39 is 0 Å². The fourth-order valence-corrected chi connectivity index (χ4v) is 2.61. The highest BCUT2D eigenvalue weighted by molar-refractivity contribution is 6.06. The topological polar surface area (TPSA) is 74.8 Å². The number of anilines is 2. The summed E-state index contributed by atoms with van der Waals surface area (Å²) < 4.78 is 4.91. The Kier molecular flexibility index (Phi) is 4.83. The van der Waals surface area contributed by atoms with Gasteiger partial charge < -0.3 is 19.9 Å². The van der Waals surface area contributed by atoms with Crippen LogP contribution in [0.1, 0.15) is 16.1 Å². The van der Waals surface area contributed by atoms with Crippen molar-refractivity contribution in [3.63, 3.8) is 0 Å². The number of benzene rings is 1. The second kappa shape index (κ2) is 7.21. The van der Waals surface area contributed by atoms with E-state index in [-0.39, 0.29) is 12.0 Å². The van der Waals surface area contributed by atoms with Crippen molar-refractivity contribution in [2.45, 2.75) is 6.54 Å². The Morgan fingerprint density at radius 1 is 1.28 bits per heavy atom. The van der Waals surface area contributed by atoms with E-state index in [0.717, 1.165) is 11.3 Å². The van der Waals surface area contributed by atoms with Crippen LogP contribution in [0.4, 0.5) is 16.2 Å². The second-order valence-electron chi connectivity index (χ2n) is 5.95. The van der Waals surface area contributed by atoms with Gasteiger partial charge >= 0.3 is 6.09 Å². The number of hydrogen-bond donors (Lipinski definition) is 1. The van der Waals surface area contributed by atoms with Gasteiger partial charge in [0.25, 0.3) is 5.91 Å². The maximum Gasteiger partial charge on any atom is 0.410 e. The van der Waals surface area contributed by atoms with Gasteiger partial charge in [-0.05, 0) is 29.8 Å². The Morgan fingerprint density at radius 3 is 2.68 bits per heavy atom. The average molecular weight is 340 g/mol. The maximum atomic E-state index is 12.5. The van der Waals surface area contributed by atoms with E-state index in [1.165, 1.54) is 0 Å². The molecule has 0 saturated carbocycles. The van der Waals surface area contributed by atoms with Crippen LogP contribution >= 0.6 is 0 Å². The zero-order chi connectivity index (χ0) is 17.8. The summed E-state index contributed by atoms with van der Waals surface area (Å²) in [4.78, 5) is 31.6. The SMILES string of the molecule is CN(C)c1cccnc1C(=O)Nc1ccc(CN2CCOC2=O)cc1. The number of rotatable bonds is 5. The highest BCUT2D eigenvalue weighted by Gasteiger charge is 2.21. The molecule has 0 radical (unpaired) electrons. The van der Waals surface area contributed by atoms with Crippen molar-refractivity contribution >= 4 is 23.4 Å². The molecule has 1 saturated heterocycles. The standard InChI is InChI=1S/C18H20N4O3/c1-21(2)15-4-3-9-19-16(15)17(23)20-14-7-5-13(6-8-14)12-22-10-11-25-18(22)24/h3-9H,10-12H2,1-2H3,(H,20,23). The van der Waals surface area contributed by atoms with Gasteiger partial charge in [0, 0.05) is 32.5 Å². The van der Waals surface area contributed by atoms with Gasteiger partial charge in [-0.1, -0.05) is 12.1 Å². The van der Waals surface area contributed by atoms with Crippen LogP contribution in [0.3, 0.4) is 0 Å². The van der Waals surface area contributed by atoms with E-state index in [9.17, 15) is 9.59 Å². The van der Waals surface area contributed by atoms with Crippen molar-refractivity contribution in [3.05, 3.63) is 53.9 Å². The lowest BCUT2D eigenvalue weighted by molar-refractivity contribution is 0.102. The monoisotopic (exact) mass is 340 g/mol. The van der Waals surface area contributed by atoms with Crippen molar-refractivity contribution in [2.75, 3.05) is 37.5 Å². The molecular weight excluding hydrogens is 320 g/mol. The molecule has 2 heterocycles. The van der Waals surface area contributed by atoms with Gasteiger partial charge in [-0.3, -0.25) is 4.79 Å². The van der Waals surface area contributed by atoms with Gasteiger partial charge in [0.15, 0.2) is 5.69 Å². The lowest BCUT2D eigenvalue weighted by Crippen LogP contribution is -2.23. The molecule has 1 aliphatic heterocycles. The molecule has 1 fully saturated rings. The number of cyclic esters (lactones) is 1. The summed E-state index contributed by atoms with van der Waals surface area (Å²) in [5.41, 5.74) is 2.78. The van der Waals surface area contributed by atoms with E-state index in [1.54, 1.807) is 17.2 Å². The fourth-order valence-electron chi connectivity index (χ4n) is 2.61. The molecule has 3 rings (SSSR count). The number of pyridine rings is 1. The third kappa shape index (κ3) is 3.88. The molecule has 0 aliphatic carbocycles. The third-order valence-corrected chi connectivity index (χ3v) is 3.91. The van der Waals surface area contributed by atoms with Gasteiger partial charge in [-0.15, -0.1) is 0 Å². The quantitative estimate of drug-likeness (QED) is 0.904. The number of ether oxygens (including phenoxy) is 1. The van der Waals surface area contributed by atoms with Crippen LogP contribution in [0.2, 0.25) is 0 Å². The highest BCUT2D eigenvalue weighted by atomic mass is 16.6. The minimum absolute atomic E-state index is 0.264. The summed E-state index contributed by atoms with van der Waals surface area (Å²) in [7, 11) is 3.73. The van der Waals surface area contributed by atoms with Crippen LogP contribution in [0.5, 0.6) is 0 Å². The molecule has 1 aliphatic rings. The van der Waals surface area contributed by atoms with E-state index in [0.29, 0.717) is 31.1 Å². The first-order chi connectivity index (χ1) is 12.0. The number of nitrogens with zero attached hydrogens (tertiary/aromatic N) is 3. The predicted octanol–water partition coefficient (Wildman–Crippen LogP) is 2.35. The molecule has 7 heteroatoms. The third-order valence-electron chi connectivity index (χ3n) is 3.91. The maximum absolute atomic E-state index is 12.5. The van der Waals surface area contributed by atoms with Gasteiger partial charge in [-0.2, -0.15) is 0 Å². The summed E-state index contributed by atoms with van der Waals surface area (Å²) in [5, 5.41) is 2.85. The molecule has 130 valence electrons. The summed E-state index contributed by atoms with van der Waals surface area (Å²) in [6.45, 7) is 1.54. The van der Waals surface area contributed by atoms with Crippen LogP contribution < -0.4 is 10.2 Å². The van der Waals surface area contributed by atoms with Crippen molar-refractivity contribution in [1.82, 2.24) is 9.88 Å². The van der Waals surface area contributed by atoms with Gasteiger partial charge in [0.05, 0.1) is 12.2 Å². The number of hydrogen-bond acceptors (Lipinski definition) is 5. The Morgan fingerprint density at radius 2 is 2.04 bits per heavy atom. The summed E-state index contributed by atoms with van der Waals surface area (Å²) in [5.74, 6) is -0.264. The van der Waals surface area contributed by atoms with Crippen LogP contribution in [-0.2, 0) is 11.3 Å². The van der Waals surface area contributed by atoms with E-state index in [4.69, 9.17) is 4.74 Å². The minimum atomic E-state index is -0.288. The van der Waals surface area contributed by atoms with Crippen molar-refractivity contribution in [3.8, 4) is 0 Å². The molecule has 1 N–H and O–H groups in total. The zero-order valence-corrected chi connectivity index (χ0v) is 14.2. The Bertz CT molecular complexity index is 774. The van der Waals surface area contributed by atoms with Crippen molar-refractivity contribution in [1.29, 1.82) is 0 Å². The first-order valence-corrected chi connectivity index (χ1v) is 7.99. The molecule has 0 bridgehead atoms. The normalized spacial score (nSPS) is 13.5. The van der Waals surface area contributed by atoms with Gasteiger partial charge in [-0.25, -0.2) is 9.78 Å². The largest absolute Gasteiger partial charge is 0.448 e. The zero-order valence-electron chi connectivity index (χ0n) is 14.2. The summed E-state index contributed by atoms with van der Waals surface area (Å²) in [6, 6.07) is 11.0. The first-order valence-electron chi connectivity index (χ1n) is 7.99. The molecule has 0 spiro atoms. The number of aromatic nitrogens is 1. The second-order valence-corrected chi connectivity index (χ2v) is 5.95. The highest BCUT2D eigenvalue weighted by Crippen LogP contribution is 2.18. The molecule has 2 aromatic rings. The van der Waals surface area contributed by atoms with E-state index in [2.05, 4.69) is 10.3 Å².